The zero-order valence-corrected chi connectivity index (χ0v) is 12.3. The van der Waals surface area contributed by atoms with E-state index >= 15 is 0 Å². The summed E-state index contributed by atoms with van der Waals surface area (Å²) in [5, 5.41) is 6.71. The van der Waals surface area contributed by atoms with Crippen molar-refractivity contribution in [2.75, 3.05) is 13.6 Å². The second-order valence-electron chi connectivity index (χ2n) is 5.40. The number of guanidine groups is 1. The Morgan fingerprint density at radius 3 is 2.90 bits per heavy atom. The van der Waals surface area contributed by atoms with Crippen molar-refractivity contribution >= 4 is 5.96 Å². The van der Waals surface area contributed by atoms with E-state index in [9.17, 15) is 4.79 Å². The molecule has 1 heterocycles. The first kappa shape index (κ1) is 14.6. The first-order valence-corrected chi connectivity index (χ1v) is 7.33. The van der Waals surface area contributed by atoms with Crippen molar-refractivity contribution in [1.82, 2.24) is 15.2 Å². The molecular weight excluding hydrogens is 252 g/mol. The number of aryl methyl sites for hydroxylation is 1. The second-order valence-corrected chi connectivity index (χ2v) is 5.40. The summed E-state index contributed by atoms with van der Waals surface area (Å²) in [5.74, 6) is 1.65. The van der Waals surface area contributed by atoms with E-state index in [0.717, 1.165) is 37.8 Å². The molecule has 1 aromatic heterocycles. The quantitative estimate of drug-likeness (QED) is 0.466. The molecule has 1 aliphatic carbocycles. The zero-order chi connectivity index (χ0) is 14.4. The third-order valence-corrected chi connectivity index (χ3v) is 3.67. The fraction of sp³-hybridized carbons (Fsp3) is 0.600. The lowest BCUT2D eigenvalue weighted by Crippen LogP contribution is -2.39. The van der Waals surface area contributed by atoms with Gasteiger partial charge in [0.15, 0.2) is 5.96 Å². The standard InChI is InChI=1S/C15H24N4O/c1-12-11-13(12)18-15(16-2)17-8-4-6-10-19-9-5-3-7-14(19)20/h3,5,7,9,12-13H,4,6,8,10-11H2,1-2H3,(H2,16,17,18). The van der Waals surface area contributed by atoms with Gasteiger partial charge in [0.1, 0.15) is 0 Å². The average Bonchev–Trinajstić information content (AvgIpc) is 3.14. The Labute approximate surface area is 120 Å². The zero-order valence-electron chi connectivity index (χ0n) is 12.3. The lowest BCUT2D eigenvalue weighted by atomic mass is 10.3. The minimum Gasteiger partial charge on any atom is -0.356 e. The van der Waals surface area contributed by atoms with E-state index in [4.69, 9.17) is 0 Å². The fourth-order valence-electron chi connectivity index (χ4n) is 2.15. The normalized spacial score (nSPS) is 21.6. The molecule has 2 rings (SSSR count). The lowest BCUT2D eigenvalue weighted by Gasteiger charge is -2.11. The molecule has 0 radical (unpaired) electrons. The van der Waals surface area contributed by atoms with E-state index in [0.29, 0.717) is 6.04 Å². The third kappa shape index (κ3) is 4.40. The van der Waals surface area contributed by atoms with E-state index in [1.807, 2.05) is 12.3 Å². The molecule has 5 heteroatoms. The van der Waals surface area contributed by atoms with Crippen LogP contribution in [0.1, 0.15) is 26.2 Å². The van der Waals surface area contributed by atoms with Crippen molar-refractivity contribution in [1.29, 1.82) is 0 Å². The van der Waals surface area contributed by atoms with Crippen LogP contribution in [0.25, 0.3) is 0 Å². The SMILES string of the molecule is CN=C(NCCCCn1ccccc1=O)NC1CC1C. The lowest BCUT2D eigenvalue weighted by molar-refractivity contribution is 0.585. The van der Waals surface area contributed by atoms with Gasteiger partial charge in [-0.15, -0.1) is 0 Å². The van der Waals surface area contributed by atoms with Crippen LogP contribution in [0, 0.1) is 5.92 Å². The maximum Gasteiger partial charge on any atom is 0.250 e. The summed E-state index contributed by atoms with van der Waals surface area (Å²) >= 11 is 0. The number of hydrogen-bond donors (Lipinski definition) is 2. The summed E-state index contributed by atoms with van der Waals surface area (Å²) in [4.78, 5) is 15.7. The highest BCUT2D eigenvalue weighted by Gasteiger charge is 2.32. The highest BCUT2D eigenvalue weighted by atomic mass is 16.1. The number of aromatic nitrogens is 1. The Hall–Kier alpha value is -1.78. The fourth-order valence-corrected chi connectivity index (χ4v) is 2.15. The van der Waals surface area contributed by atoms with Gasteiger partial charge in [-0.1, -0.05) is 13.0 Å². The summed E-state index contributed by atoms with van der Waals surface area (Å²) in [5.41, 5.74) is 0.0701. The molecule has 20 heavy (non-hydrogen) atoms. The maximum atomic E-state index is 11.5. The number of pyridine rings is 1. The molecule has 0 aromatic carbocycles. The predicted octanol–water partition coefficient (Wildman–Crippen LogP) is 1.20. The minimum atomic E-state index is 0.0701. The van der Waals surface area contributed by atoms with Crippen molar-refractivity contribution in [2.45, 2.75) is 38.8 Å². The third-order valence-electron chi connectivity index (χ3n) is 3.67. The van der Waals surface area contributed by atoms with E-state index in [1.54, 1.807) is 23.7 Å². The Morgan fingerprint density at radius 1 is 1.45 bits per heavy atom. The highest BCUT2D eigenvalue weighted by Crippen LogP contribution is 2.28. The maximum absolute atomic E-state index is 11.5. The van der Waals surface area contributed by atoms with Crippen LogP contribution in [0.3, 0.4) is 0 Å². The van der Waals surface area contributed by atoms with Crippen LogP contribution >= 0.6 is 0 Å². The number of nitrogens with one attached hydrogen (secondary N) is 2. The summed E-state index contributed by atoms with van der Waals surface area (Å²) in [6.07, 6.45) is 5.07. The Kier molecular flexibility index (Phi) is 5.21. The van der Waals surface area contributed by atoms with Crippen LogP contribution in [0.2, 0.25) is 0 Å². The van der Waals surface area contributed by atoms with E-state index in [-0.39, 0.29) is 5.56 Å². The van der Waals surface area contributed by atoms with Gasteiger partial charge in [-0.25, -0.2) is 0 Å². The number of aliphatic imine (C=N–C) groups is 1. The van der Waals surface area contributed by atoms with Gasteiger partial charge in [0.05, 0.1) is 0 Å². The molecule has 0 spiro atoms. The summed E-state index contributed by atoms with van der Waals surface area (Å²) in [7, 11) is 1.80. The molecule has 0 aliphatic heterocycles. The van der Waals surface area contributed by atoms with E-state index in [2.05, 4.69) is 22.5 Å². The molecule has 1 saturated carbocycles. The number of nitrogens with zero attached hydrogens (tertiary/aromatic N) is 2. The monoisotopic (exact) mass is 276 g/mol. The number of rotatable bonds is 6. The van der Waals surface area contributed by atoms with Crippen molar-refractivity contribution in [3.8, 4) is 0 Å². The second kappa shape index (κ2) is 7.12. The highest BCUT2D eigenvalue weighted by molar-refractivity contribution is 5.80. The molecule has 110 valence electrons. The van der Waals surface area contributed by atoms with Gasteiger partial charge in [-0.3, -0.25) is 9.79 Å². The largest absolute Gasteiger partial charge is 0.356 e. The molecular formula is C15H24N4O. The first-order chi connectivity index (χ1) is 9.70. The van der Waals surface area contributed by atoms with E-state index < -0.39 is 0 Å². The Bertz CT molecular complexity index is 509. The van der Waals surface area contributed by atoms with Crippen LogP contribution < -0.4 is 16.2 Å². The van der Waals surface area contributed by atoms with Gasteiger partial charge in [0.2, 0.25) is 5.56 Å². The van der Waals surface area contributed by atoms with Crippen LogP contribution in [0.15, 0.2) is 34.2 Å². The van der Waals surface area contributed by atoms with Crippen molar-refractivity contribution < 1.29 is 0 Å². The molecule has 1 fully saturated rings. The molecule has 1 aromatic rings. The molecule has 0 bridgehead atoms. The van der Waals surface area contributed by atoms with Crippen molar-refractivity contribution in [3.05, 3.63) is 34.7 Å². The smallest absolute Gasteiger partial charge is 0.250 e. The topological polar surface area (TPSA) is 58.4 Å². The molecule has 0 amide bonds. The molecule has 2 atom stereocenters. The molecule has 5 nitrogen and oxygen atoms in total. The van der Waals surface area contributed by atoms with Gasteiger partial charge in [-0.2, -0.15) is 0 Å². The average molecular weight is 276 g/mol. The summed E-state index contributed by atoms with van der Waals surface area (Å²) in [6.45, 7) is 3.89. The first-order valence-electron chi connectivity index (χ1n) is 7.33. The Morgan fingerprint density at radius 2 is 2.25 bits per heavy atom. The van der Waals surface area contributed by atoms with Crippen molar-refractivity contribution in [2.24, 2.45) is 10.9 Å². The summed E-state index contributed by atoms with van der Waals surface area (Å²) in [6, 6.07) is 5.85. The Balaban J connectivity index is 1.61. The summed E-state index contributed by atoms with van der Waals surface area (Å²) < 4.78 is 1.75. The molecule has 2 N–H and O–H groups in total. The van der Waals surface area contributed by atoms with Crippen LogP contribution in [0.4, 0.5) is 0 Å². The van der Waals surface area contributed by atoms with Crippen molar-refractivity contribution in [3.63, 3.8) is 0 Å². The van der Waals surface area contributed by atoms with Crippen LogP contribution in [-0.4, -0.2) is 30.2 Å². The molecule has 1 aliphatic rings. The van der Waals surface area contributed by atoms with Gasteiger partial charge >= 0.3 is 0 Å². The van der Waals surface area contributed by atoms with Gasteiger partial charge in [-0.05, 0) is 31.2 Å². The van der Waals surface area contributed by atoms with Crippen LogP contribution in [0.5, 0.6) is 0 Å². The van der Waals surface area contributed by atoms with Gasteiger partial charge in [0, 0.05) is 38.4 Å². The number of unbranched alkanes of at least 4 members (excludes halogenated alkanes) is 1. The minimum absolute atomic E-state index is 0.0701. The molecule has 2 unspecified atom stereocenters. The van der Waals surface area contributed by atoms with E-state index in [1.165, 1.54) is 6.42 Å². The number of hydrogen-bond acceptors (Lipinski definition) is 2. The van der Waals surface area contributed by atoms with Gasteiger partial charge in [0.25, 0.3) is 0 Å². The van der Waals surface area contributed by atoms with Gasteiger partial charge < -0.3 is 15.2 Å². The van der Waals surface area contributed by atoms with Crippen LogP contribution in [-0.2, 0) is 6.54 Å². The molecule has 0 saturated heterocycles. The predicted molar refractivity (Wildman–Crippen MR) is 82.0 cm³/mol.